The second-order valence-electron chi connectivity index (χ2n) is 6.18. The number of aryl methyl sites for hydroxylation is 2. The fourth-order valence-corrected chi connectivity index (χ4v) is 3.11. The van der Waals surface area contributed by atoms with Crippen LogP contribution in [0.5, 0.6) is 0 Å². The Bertz CT molecular complexity index is 850. The first kappa shape index (κ1) is 22.1. The highest BCUT2D eigenvalue weighted by molar-refractivity contribution is 6.35. The minimum absolute atomic E-state index is 0.0234. The van der Waals surface area contributed by atoms with E-state index in [1.807, 2.05) is 13.8 Å². The third-order valence-corrected chi connectivity index (χ3v) is 4.64. The van der Waals surface area contributed by atoms with Crippen LogP contribution in [0.25, 0.3) is 11.3 Å². The van der Waals surface area contributed by atoms with Crippen LogP contribution in [0.2, 0.25) is 5.02 Å². The Morgan fingerprint density at radius 1 is 1.32 bits per heavy atom. The van der Waals surface area contributed by atoms with Gasteiger partial charge in [-0.05, 0) is 44.9 Å². The molecule has 1 aromatic carbocycles. The number of nitrogens with zero attached hydrogens (tertiary/aromatic N) is 2. The molecule has 0 saturated carbocycles. The summed E-state index contributed by atoms with van der Waals surface area (Å²) in [5, 5.41) is 6.88. The zero-order valence-electron chi connectivity index (χ0n) is 16.2. The van der Waals surface area contributed by atoms with E-state index in [4.69, 9.17) is 16.3 Å². The molecule has 1 N–H and O–H groups in total. The minimum atomic E-state index is -4.34. The molecular formula is C19H23ClF3N3O2. The first-order valence-electron chi connectivity index (χ1n) is 9.03. The molecule has 0 spiro atoms. The largest absolute Gasteiger partial charge is 0.461 e. The topological polar surface area (TPSA) is 56.1 Å². The predicted molar refractivity (Wildman–Crippen MR) is 103 cm³/mol. The third-order valence-electron chi connectivity index (χ3n) is 4.28. The number of anilines is 1. The maximum absolute atomic E-state index is 12.8. The Labute approximate surface area is 166 Å². The normalized spacial score (nSPS) is 12.7. The minimum Gasteiger partial charge on any atom is -0.461 e. The number of hydrogen-bond donors (Lipinski definition) is 1. The number of carbonyl (C=O) groups excluding carboxylic acids is 1. The van der Waals surface area contributed by atoms with Gasteiger partial charge in [0.05, 0.1) is 12.3 Å². The molecule has 1 heterocycles. The van der Waals surface area contributed by atoms with Gasteiger partial charge in [0.2, 0.25) is 0 Å². The maximum atomic E-state index is 12.8. The van der Waals surface area contributed by atoms with Gasteiger partial charge < -0.3 is 10.1 Å². The van der Waals surface area contributed by atoms with E-state index in [0.717, 1.165) is 12.5 Å². The van der Waals surface area contributed by atoms with Crippen molar-refractivity contribution in [3.63, 3.8) is 0 Å². The number of rotatable bonds is 7. The molecule has 0 saturated heterocycles. The zero-order valence-corrected chi connectivity index (χ0v) is 16.9. The molecule has 5 nitrogen and oxygen atoms in total. The van der Waals surface area contributed by atoms with Gasteiger partial charge in [-0.25, -0.2) is 4.79 Å². The van der Waals surface area contributed by atoms with Crippen LogP contribution in [0.4, 0.5) is 18.9 Å². The van der Waals surface area contributed by atoms with Gasteiger partial charge in [-0.1, -0.05) is 24.6 Å². The van der Waals surface area contributed by atoms with E-state index in [1.54, 1.807) is 29.8 Å². The van der Waals surface area contributed by atoms with Gasteiger partial charge in [-0.3, -0.25) is 4.68 Å². The van der Waals surface area contributed by atoms with Crippen molar-refractivity contribution in [2.75, 3.05) is 11.9 Å². The summed E-state index contributed by atoms with van der Waals surface area (Å²) in [7, 11) is 0. The van der Waals surface area contributed by atoms with Crippen LogP contribution < -0.4 is 5.32 Å². The average Bonchev–Trinajstić information content (AvgIpc) is 2.97. The van der Waals surface area contributed by atoms with Crippen LogP contribution >= 0.6 is 11.6 Å². The summed E-state index contributed by atoms with van der Waals surface area (Å²) in [4.78, 5) is 12.1. The number of ether oxygens (including phenoxy) is 1. The van der Waals surface area contributed by atoms with E-state index in [1.165, 1.54) is 0 Å². The van der Waals surface area contributed by atoms with Crippen molar-refractivity contribution in [1.82, 2.24) is 9.78 Å². The van der Waals surface area contributed by atoms with Crippen LogP contribution in [0, 0.1) is 0 Å². The molecule has 2 aromatic rings. The average molecular weight is 418 g/mol. The van der Waals surface area contributed by atoms with E-state index in [-0.39, 0.29) is 17.3 Å². The quantitative estimate of drug-likeness (QED) is 0.619. The van der Waals surface area contributed by atoms with Crippen LogP contribution in [-0.4, -0.2) is 34.6 Å². The van der Waals surface area contributed by atoms with Crippen LogP contribution in [-0.2, 0) is 17.7 Å². The molecule has 0 aliphatic carbocycles. The summed E-state index contributed by atoms with van der Waals surface area (Å²) in [5.41, 5.74) is 2.42. The molecule has 0 amide bonds. The van der Waals surface area contributed by atoms with Gasteiger partial charge in [0.15, 0.2) is 5.69 Å². The summed E-state index contributed by atoms with van der Waals surface area (Å²) in [5.74, 6) is -0.615. The second kappa shape index (κ2) is 8.86. The van der Waals surface area contributed by atoms with Crippen molar-refractivity contribution in [3.8, 4) is 11.3 Å². The molecule has 0 radical (unpaired) electrons. The highest BCUT2D eigenvalue weighted by atomic mass is 35.5. The highest BCUT2D eigenvalue weighted by Crippen LogP contribution is 2.35. The lowest BCUT2D eigenvalue weighted by atomic mass is 10.0. The predicted octanol–water partition coefficient (Wildman–Crippen LogP) is 5.33. The van der Waals surface area contributed by atoms with E-state index in [9.17, 15) is 18.0 Å². The van der Waals surface area contributed by atoms with E-state index in [0.29, 0.717) is 29.9 Å². The van der Waals surface area contributed by atoms with E-state index < -0.39 is 18.2 Å². The molecule has 0 aliphatic rings. The number of esters is 1. The Kier molecular flexibility index (Phi) is 6.98. The lowest BCUT2D eigenvalue weighted by molar-refractivity contribution is -0.138. The highest BCUT2D eigenvalue weighted by Gasteiger charge is 2.36. The van der Waals surface area contributed by atoms with Crippen LogP contribution in [0.1, 0.15) is 43.7 Å². The lowest BCUT2D eigenvalue weighted by Gasteiger charge is -2.20. The Hall–Kier alpha value is -2.22. The van der Waals surface area contributed by atoms with Crippen molar-refractivity contribution in [3.05, 3.63) is 34.5 Å². The second-order valence-corrected chi connectivity index (χ2v) is 6.56. The SMILES string of the molecule is CCOC(=O)c1nn(CC)c(-c2ccc(NC(C)C(F)(F)F)cc2CC)c1Cl. The monoisotopic (exact) mass is 417 g/mol. The van der Waals surface area contributed by atoms with Gasteiger partial charge in [0, 0.05) is 17.8 Å². The first-order valence-corrected chi connectivity index (χ1v) is 9.41. The first-order chi connectivity index (χ1) is 13.1. The van der Waals surface area contributed by atoms with E-state index in [2.05, 4.69) is 10.4 Å². The number of benzene rings is 1. The van der Waals surface area contributed by atoms with Crippen molar-refractivity contribution in [1.29, 1.82) is 0 Å². The zero-order chi connectivity index (χ0) is 21.1. The summed E-state index contributed by atoms with van der Waals surface area (Å²) in [6, 6.07) is 3.23. The number of hydrogen-bond acceptors (Lipinski definition) is 4. The van der Waals surface area contributed by atoms with Crippen molar-refractivity contribution >= 4 is 23.3 Å². The lowest BCUT2D eigenvalue weighted by Crippen LogP contribution is -2.33. The molecule has 0 fully saturated rings. The Morgan fingerprint density at radius 2 is 2.00 bits per heavy atom. The summed E-state index contributed by atoms with van der Waals surface area (Å²) < 4.78 is 45.0. The Balaban J connectivity index is 2.49. The van der Waals surface area contributed by atoms with Gasteiger partial charge in [0.25, 0.3) is 0 Å². The fourth-order valence-electron chi connectivity index (χ4n) is 2.79. The summed E-state index contributed by atoms with van der Waals surface area (Å²) >= 11 is 6.44. The molecule has 1 unspecified atom stereocenters. The maximum Gasteiger partial charge on any atom is 0.408 e. The van der Waals surface area contributed by atoms with Crippen molar-refractivity contribution < 1.29 is 22.7 Å². The number of aromatic nitrogens is 2. The molecule has 0 bridgehead atoms. The molecule has 9 heteroatoms. The van der Waals surface area contributed by atoms with Gasteiger partial charge in [-0.15, -0.1) is 0 Å². The molecule has 2 rings (SSSR count). The number of alkyl halides is 3. The van der Waals surface area contributed by atoms with Gasteiger partial charge >= 0.3 is 12.1 Å². The van der Waals surface area contributed by atoms with Crippen LogP contribution in [0.3, 0.4) is 0 Å². The molecule has 28 heavy (non-hydrogen) atoms. The Morgan fingerprint density at radius 3 is 2.54 bits per heavy atom. The molecule has 0 aliphatic heterocycles. The number of carbonyl (C=O) groups is 1. The summed E-state index contributed by atoms with van der Waals surface area (Å²) in [6.45, 7) is 7.15. The van der Waals surface area contributed by atoms with E-state index >= 15 is 0 Å². The number of nitrogens with one attached hydrogen (secondary N) is 1. The molecule has 1 atom stereocenters. The van der Waals surface area contributed by atoms with Gasteiger partial charge in [0.1, 0.15) is 11.1 Å². The van der Waals surface area contributed by atoms with Crippen molar-refractivity contribution in [2.24, 2.45) is 0 Å². The summed E-state index contributed by atoms with van der Waals surface area (Å²) in [6.07, 6.45) is -3.78. The fraction of sp³-hybridized carbons (Fsp3) is 0.474. The van der Waals surface area contributed by atoms with Gasteiger partial charge in [-0.2, -0.15) is 18.3 Å². The number of halogens is 4. The van der Waals surface area contributed by atoms with Crippen LogP contribution in [0.15, 0.2) is 18.2 Å². The molecular weight excluding hydrogens is 395 g/mol. The standard InChI is InChI=1S/C19H23ClF3N3O2/c1-5-12-10-13(24-11(4)19(21,22)23)8-9-14(12)17-15(20)16(18(27)28-7-3)25-26(17)6-2/h8-11,24H,5-7H2,1-4H3. The molecule has 1 aromatic heterocycles. The van der Waals surface area contributed by atoms with Crippen molar-refractivity contribution in [2.45, 2.75) is 52.9 Å². The third kappa shape index (κ3) is 4.60. The molecule has 154 valence electrons. The smallest absolute Gasteiger partial charge is 0.408 e.